The van der Waals surface area contributed by atoms with Gasteiger partial charge < -0.3 is 10.5 Å². The molecule has 3 N–H and O–H groups in total. The first-order valence-corrected chi connectivity index (χ1v) is 5.34. The number of hydrogen-bond donors (Lipinski definition) is 2. The first kappa shape index (κ1) is 11.5. The van der Waals surface area contributed by atoms with Gasteiger partial charge in [0.1, 0.15) is 5.84 Å². The minimum absolute atomic E-state index is 0.0811. The molecule has 0 aromatic carbocycles. The molecule has 0 aromatic heterocycles. The zero-order valence-corrected chi connectivity index (χ0v) is 9.12. The van der Waals surface area contributed by atoms with Crippen molar-refractivity contribution in [1.82, 2.24) is 4.90 Å². The van der Waals surface area contributed by atoms with Crippen molar-refractivity contribution in [2.75, 3.05) is 19.7 Å². The van der Waals surface area contributed by atoms with Crippen LogP contribution < -0.4 is 5.73 Å². The zero-order valence-electron chi connectivity index (χ0n) is 9.12. The van der Waals surface area contributed by atoms with Crippen molar-refractivity contribution in [3.63, 3.8) is 0 Å². The largest absolute Gasteiger partial charge is 0.386 e. The Kier molecular flexibility index (Phi) is 4.35. The highest BCUT2D eigenvalue weighted by Gasteiger charge is 2.23. The van der Waals surface area contributed by atoms with Crippen molar-refractivity contribution >= 4 is 5.84 Å². The first-order chi connectivity index (χ1) is 6.65. The highest BCUT2D eigenvalue weighted by Crippen LogP contribution is 2.15. The lowest BCUT2D eigenvalue weighted by Crippen LogP contribution is -2.47. The van der Waals surface area contributed by atoms with Crippen molar-refractivity contribution in [3.05, 3.63) is 0 Å². The summed E-state index contributed by atoms with van der Waals surface area (Å²) in [5.41, 5.74) is 5.47. The lowest BCUT2D eigenvalue weighted by atomic mass is 10.1. The first-order valence-electron chi connectivity index (χ1n) is 5.34. The van der Waals surface area contributed by atoms with Gasteiger partial charge in [0.15, 0.2) is 0 Å². The molecule has 1 aliphatic heterocycles. The molecule has 1 unspecified atom stereocenters. The van der Waals surface area contributed by atoms with Gasteiger partial charge in [-0.3, -0.25) is 10.3 Å². The van der Waals surface area contributed by atoms with E-state index in [0.29, 0.717) is 6.10 Å². The molecule has 1 rings (SSSR count). The molecule has 0 saturated carbocycles. The van der Waals surface area contributed by atoms with Gasteiger partial charge in [-0.05, 0) is 26.7 Å². The Balaban J connectivity index is 2.31. The number of ether oxygens (including phenoxy) is 1. The molecule has 1 fully saturated rings. The third-order valence-electron chi connectivity index (χ3n) is 2.88. The lowest BCUT2D eigenvalue weighted by Gasteiger charge is -2.35. The topological polar surface area (TPSA) is 62.3 Å². The predicted octanol–water partition coefficient (Wildman–Crippen LogP) is 0.812. The molecule has 0 aliphatic carbocycles. The van der Waals surface area contributed by atoms with Crippen LogP contribution in [0.5, 0.6) is 0 Å². The minimum atomic E-state index is 0.0811. The van der Waals surface area contributed by atoms with Crippen LogP contribution in [0.4, 0.5) is 0 Å². The molecule has 14 heavy (non-hydrogen) atoms. The number of rotatable bonds is 4. The molecule has 0 bridgehead atoms. The summed E-state index contributed by atoms with van der Waals surface area (Å²) in [6, 6.07) is 0.0811. The molecule has 82 valence electrons. The number of nitrogens with two attached hydrogens (primary N) is 1. The van der Waals surface area contributed by atoms with Gasteiger partial charge in [0, 0.05) is 19.7 Å². The van der Waals surface area contributed by atoms with E-state index in [9.17, 15) is 0 Å². The van der Waals surface area contributed by atoms with Crippen LogP contribution in [0.25, 0.3) is 0 Å². The van der Waals surface area contributed by atoms with Crippen molar-refractivity contribution in [2.24, 2.45) is 5.73 Å². The second-order valence-electron chi connectivity index (χ2n) is 3.82. The Morgan fingerprint density at radius 3 is 2.57 bits per heavy atom. The molecule has 0 amide bonds. The van der Waals surface area contributed by atoms with Crippen LogP contribution in [-0.2, 0) is 4.74 Å². The highest BCUT2D eigenvalue weighted by atomic mass is 16.5. The molecule has 1 atom stereocenters. The van der Waals surface area contributed by atoms with Crippen LogP contribution in [0.2, 0.25) is 0 Å². The Morgan fingerprint density at radius 1 is 1.57 bits per heavy atom. The quantitative estimate of drug-likeness (QED) is 0.520. The second kappa shape index (κ2) is 5.32. The smallest absolute Gasteiger partial charge is 0.108 e. The third-order valence-corrected chi connectivity index (χ3v) is 2.88. The molecule has 0 spiro atoms. The van der Waals surface area contributed by atoms with Crippen LogP contribution in [0.15, 0.2) is 0 Å². The predicted molar refractivity (Wildman–Crippen MR) is 57.6 cm³/mol. The SMILES string of the molecule is CCOC1CCN(C(C)C(=N)N)CC1. The van der Waals surface area contributed by atoms with Gasteiger partial charge in [-0.1, -0.05) is 0 Å². The van der Waals surface area contributed by atoms with Crippen LogP contribution >= 0.6 is 0 Å². The van der Waals surface area contributed by atoms with E-state index in [1.54, 1.807) is 0 Å². The average Bonchev–Trinajstić information content (AvgIpc) is 2.18. The summed E-state index contributed by atoms with van der Waals surface area (Å²) < 4.78 is 5.56. The molecular formula is C10H21N3O. The van der Waals surface area contributed by atoms with Gasteiger partial charge in [-0.2, -0.15) is 0 Å². The Hall–Kier alpha value is -0.610. The van der Waals surface area contributed by atoms with E-state index in [1.165, 1.54) is 0 Å². The van der Waals surface area contributed by atoms with Crippen LogP contribution in [0, 0.1) is 5.41 Å². The Bertz CT molecular complexity index is 188. The maximum absolute atomic E-state index is 7.37. The van der Waals surface area contributed by atoms with E-state index >= 15 is 0 Å². The molecule has 1 saturated heterocycles. The monoisotopic (exact) mass is 199 g/mol. The molecular weight excluding hydrogens is 178 g/mol. The molecule has 0 radical (unpaired) electrons. The summed E-state index contributed by atoms with van der Waals surface area (Å²) in [7, 11) is 0. The fourth-order valence-electron chi connectivity index (χ4n) is 1.86. The maximum atomic E-state index is 7.37. The summed E-state index contributed by atoms with van der Waals surface area (Å²) in [5.74, 6) is 0.264. The number of amidine groups is 1. The summed E-state index contributed by atoms with van der Waals surface area (Å²) in [5, 5.41) is 7.37. The number of nitrogens with one attached hydrogen (secondary N) is 1. The molecule has 0 aromatic rings. The Labute approximate surface area is 85.9 Å². The summed E-state index contributed by atoms with van der Waals surface area (Å²) >= 11 is 0. The number of piperidine rings is 1. The van der Waals surface area contributed by atoms with E-state index in [0.717, 1.165) is 32.5 Å². The fourth-order valence-corrected chi connectivity index (χ4v) is 1.86. The van der Waals surface area contributed by atoms with Gasteiger partial charge in [0.05, 0.1) is 12.1 Å². The summed E-state index contributed by atoms with van der Waals surface area (Å²) in [6.45, 7) is 6.80. The van der Waals surface area contributed by atoms with Crippen LogP contribution in [0.1, 0.15) is 26.7 Å². The van der Waals surface area contributed by atoms with Crippen LogP contribution in [0.3, 0.4) is 0 Å². The standard InChI is InChI=1S/C10H21N3O/c1-3-14-9-4-6-13(7-5-9)8(2)10(11)12/h8-9H,3-7H2,1-2H3,(H3,11,12). The zero-order chi connectivity index (χ0) is 10.6. The number of likely N-dealkylation sites (tertiary alicyclic amines) is 1. The molecule has 4 nitrogen and oxygen atoms in total. The van der Waals surface area contributed by atoms with E-state index in [-0.39, 0.29) is 11.9 Å². The van der Waals surface area contributed by atoms with E-state index in [1.807, 2.05) is 13.8 Å². The summed E-state index contributed by atoms with van der Waals surface area (Å²) in [4.78, 5) is 2.25. The van der Waals surface area contributed by atoms with E-state index < -0.39 is 0 Å². The van der Waals surface area contributed by atoms with Crippen LogP contribution in [-0.4, -0.2) is 42.6 Å². The van der Waals surface area contributed by atoms with Crippen molar-refractivity contribution in [2.45, 2.75) is 38.8 Å². The summed E-state index contributed by atoms with van der Waals surface area (Å²) in [6.07, 6.45) is 2.53. The fraction of sp³-hybridized carbons (Fsp3) is 0.900. The van der Waals surface area contributed by atoms with E-state index in [2.05, 4.69) is 4.90 Å². The van der Waals surface area contributed by atoms with Gasteiger partial charge >= 0.3 is 0 Å². The third kappa shape index (κ3) is 2.96. The lowest BCUT2D eigenvalue weighted by molar-refractivity contribution is 0.0113. The van der Waals surface area contributed by atoms with Crippen molar-refractivity contribution in [3.8, 4) is 0 Å². The molecule has 1 aliphatic rings. The van der Waals surface area contributed by atoms with Gasteiger partial charge in [0.2, 0.25) is 0 Å². The normalized spacial score (nSPS) is 22.1. The second-order valence-corrected chi connectivity index (χ2v) is 3.82. The maximum Gasteiger partial charge on any atom is 0.108 e. The van der Waals surface area contributed by atoms with Crippen molar-refractivity contribution < 1.29 is 4.74 Å². The molecule has 4 heteroatoms. The number of hydrogen-bond acceptors (Lipinski definition) is 3. The highest BCUT2D eigenvalue weighted by molar-refractivity contribution is 5.82. The molecule has 1 heterocycles. The average molecular weight is 199 g/mol. The van der Waals surface area contributed by atoms with Gasteiger partial charge in [-0.25, -0.2) is 0 Å². The van der Waals surface area contributed by atoms with Gasteiger partial charge in [-0.15, -0.1) is 0 Å². The minimum Gasteiger partial charge on any atom is -0.386 e. The van der Waals surface area contributed by atoms with Gasteiger partial charge in [0.25, 0.3) is 0 Å². The van der Waals surface area contributed by atoms with Crippen molar-refractivity contribution in [1.29, 1.82) is 5.41 Å². The Morgan fingerprint density at radius 2 is 2.14 bits per heavy atom. The number of nitrogens with zero attached hydrogens (tertiary/aromatic N) is 1. The van der Waals surface area contributed by atoms with E-state index in [4.69, 9.17) is 15.9 Å².